The monoisotopic (exact) mass is 658 g/mol. The van der Waals surface area contributed by atoms with Crippen molar-refractivity contribution in [3.05, 3.63) is 77.7 Å². The van der Waals surface area contributed by atoms with Crippen LogP contribution in [0, 0.1) is 0 Å². The Kier molecular flexibility index (Phi) is 9.22. The predicted octanol–water partition coefficient (Wildman–Crippen LogP) is 6.21. The lowest BCUT2D eigenvalue weighted by molar-refractivity contribution is -0.137. The van der Waals surface area contributed by atoms with Crippen molar-refractivity contribution >= 4 is 61.6 Å². The lowest BCUT2D eigenvalue weighted by Crippen LogP contribution is -2.21. The number of aromatic nitrogens is 3. The van der Waals surface area contributed by atoms with E-state index in [1.807, 2.05) is 0 Å². The fourth-order valence-electron chi connectivity index (χ4n) is 3.33. The Morgan fingerprint density at radius 1 is 0.975 bits per heavy atom. The first-order valence-electron chi connectivity index (χ1n) is 10.8. The Balaban J connectivity index is 0.00000441. The van der Waals surface area contributed by atoms with Crippen LogP contribution < -0.4 is 21.1 Å². The summed E-state index contributed by atoms with van der Waals surface area (Å²) in [6.45, 7) is 0. The van der Waals surface area contributed by atoms with Crippen LogP contribution in [0.25, 0.3) is 11.1 Å². The van der Waals surface area contributed by atoms with E-state index in [0.29, 0.717) is 34.3 Å². The molecule has 0 saturated heterocycles. The lowest BCUT2D eigenvalue weighted by atomic mass is 10.1. The highest BCUT2D eigenvalue weighted by Crippen LogP contribution is 2.34. The standard InChI is InChI=1S/C24H18ClF3N6O4S.BrH/c1-39(36,37)20-7-4-14(24(26,27)28)8-19(20)34-22(35)33-16-11-31-23(32-12-16)38-17-5-2-13(3-6-17)18-9-15(25)10-30-21(18)29;/h2-12H,1H3,(H2,29,30)(H2,33,34,35);1H. The summed E-state index contributed by atoms with van der Waals surface area (Å²) in [6.07, 6.45) is -0.110. The zero-order chi connectivity index (χ0) is 28.4. The molecule has 4 aromatic rings. The molecule has 0 bridgehead atoms. The average Bonchev–Trinajstić information content (AvgIpc) is 2.86. The molecular formula is C24H19BrClF3N6O4S. The minimum absolute atomic E-state index is 0. The Hall–Kier alpha value is -3.95. The van der Waals surface area contributed by atoms with E-state index in [4.69, 9.17) is 22.1 Å². The van der Waals surface area contributed by atoms with Crippen LogP contribution in [0.3, 0.4) is 0 Å². The number of hydrogen-bond donors (Lipinski definition) is 3. The van der Waals surface area contributed by atoms with Gasteiger partial charge in [-0.1, -0.05) is 23.7 Å². The largest absolute Gasteiger partial charge is 0.424 e. The third kappa shape index (κ3) is 7.58. The minimum Gasteiger partial charge on any atom is -0.424 e. The first kappa shape index (κ1) is 30.6. The third-order valence-electron chi connectivity index (χ3n) is 5.10. The van der Waals surface area contributed by atoms with Gasteiger partial charge in [-0.2, -0.15) is 13.2 Å². The number of carbonyl (C=O) groups excluding carboxylic acids is 1. The van der Waals surface area contributed by atoms with E-state index >= 15 is 0 Å². The van der Waals surface area contributed by atoms with Gasteiger partial charge in [0, 0.05) is 18.0 Å². The van der Waals surface area contributed by atoms with Gasteiger partial charge in [-0.05, 0) is 42.0 Å². The lowest BCUT2D eigenvalue weighted by Gasteiger charge is -2.14. The number of carbonyl (C=O) groups is 1. The van der Waals surface area contributed by atoms with Crippen LogP contribution in [0.2, 0.25) is 5.02 Å². The van der Waals surface area contributed by atoms with Gasteiger partial charge >= 0.3 is 18.2 Å². The van der Waals surface area contributed by atoms with Gasteiger partial charge in [0.1, 0.15) is 11.6 Å². The van der Waals surface area contributed by atoms with Gasteiger partial charge < -0.3 is 21.1 Å². The number of nitrogens with zero attached hydrogens (tertiary/aromatic N) is 3. The maximum absolute atomic E-state index is 13.1. The van der Waals surface area contributed by atoms with Crippen molar-refractivity contribution in [3.8, 4) is 22.9 Å². The topological polar surface area (TPSA) is 149 Å². The first-order chi connectivity index (χ1) is 18.3. The van der Waals surface area contributed by atoms with Crippen molar-refractivity contribution < 1.29 is 31.1 Å². The van der Waals surface area contributed by atoms with Crippen molar-refractivity contribution in [1.82, 2.24) is 15.0 Å². The summed E-state index contributed by atoms with van der Waals surface area (Å²) in [7, 11) is -3.94. The van der Waals surface area contributed by atoms with Crippen molar-refractivity contribution in [2.45, 2.75) is 11.1 Å². The van der Waals surface area contributed by atoms with Crippen LogP contribution >= 0.6 is 28.6 Å². The summed E-state index contributed by atoms with van der Waals surface area (Å²) in [5, 5.41) is 4.87. The molecule has 2 heterocycles. The van der Waals surface area contributed by atoms with Gasteiger partial charge in [0.15, 0.2) is 9.84 Å². The van der Waals surface area contributed by atoms with Gasteiger partial charge in [-0.15, -0.1) is 17.0 Å². The number of pyridine rings is 1. The highest BCUT2D eigenvalue weighted by atomic mass is 79.9. The molecule has 10 nitrogen and oxygen atoms in total. The van der Waals surface area contributed by atoms with E-state index < -0.39 is 38.2 Å². The Morgan fingerprint density at radius 3 is 2.23 bits per heavy atom. The summed E-state index contributed by atoms with van der Waals surface area (Å²) in [6, 6.07) is 9.29. The number of alkyl halides is 3. The number of anilines is 3. The van der Waals surface area contributed by atoms with E-state index in [9.17, 15) is 26.4 Å². The zero-order valence-electron chi connectivity index (χ0n) is 20.2. The molecule has 2 aromatic heterocycles. The highest BCUT2D eigenvalue weighted by Gasteiger charge is 2.32. The molecule has 0 spiro atoms. The van der Waals surface area contributed by atoms with E-state index in [1.165, 1.54) is 18.6 Å². The maximum Gasteiger partial charge on any atom is 0.416 e. The predicted molar refractivity (Wildman–Crippen MR) is 149 cm³/mol. The number of hydrogen-bond acceptors (Lipinski definition) is 8. The second kappa shape index (κ2) is 12.1. The Morgan fingerprint density at radius 2 is 1.62 bits per heavy atom. The van der Waals surface area contributed by atoms with Gasteiger partial charge in [-0.3, -0.25) is 0 Å². The van der Waals surface area contributed by atoms with Crippen molar-refractivity contribution in [1.29, 1.82) is 0 Å². The van der Waals surface area contributed by atoms with E-state index in [-0.39, 0.29) is 28.7 Å². The van der Waals surface area contributed by atoms with Crippen LogP contribution in [0.1, 0.15) is 5.56 Å². The molecule has 0 fully saturated rings. The number of nitrogens with one attached hydrogen (secondary N) is 2. The van der Waals surface area contributed by atoms with E-state index in [2.05, 4.69) is 25.6 Å². The summed E-state index contributed by atoms with van der Waals surface area (Å²) >= 11 is 5.98. The Labute approximate surface area is 241 Å². The SMILES string of the molecule is Br.CS(=O)(=O)c1ccc(C(F)(F)F)cc1NC(=O)Nc1cnc(Oc2ccc(-c3cc(Cl)cnc3N)cc2)nc1. The smallest absolute Gasteiger partial charge is 0.416 e. The average molecular weight is 660 g/mol. The fourth-order valence-corrected chi connectivity index (χ4v) is 4.32. The second-order valence-electron chi connectivity index (χ2n) is 8.03. The van der Waals surface area contributed by atoms with Crippen LogP contribution in [-0.4, -0.2) is 35.7 Å². The van der Waals surface area contributed by atoms with Gasteiger partial charge in [0.2, 0.25) is 0 Å². The second-order valence-corrected chi connectivity index (χ2v) is 10.4. The molecule has 0 saturated carbocycles. The molecule has 0 atom stereocenters. The molecule has 2 amide bonds. The molecule has 0 aliphatic heterocycles. The summed E-state index contributed by atoms with van der Waals surface area (Å²) in [5.41, 5.74) is 5.69. The number of rotatable bonds is 6. The van der Waals surface area contributed by atoms with Gasteiger partial charge in [0.05, 0.1) is 39.3 Å². The summed E-state index contributed by atoms with van der Waals surface area (Å²) < 4.78 is 68.8. The number of halogens is 5. The number of amides is 2. The van der Waals surface area contributed by atoms with Crippen LogP contribution in [0.4, 0.5) is 35.2 Å². The first-order valence-corrected chi connectivity index (χ1v) is 13.1. The van der Waals surface area contributed by atoms with Crippen molar-refractivity contribution in [2.75, 3.05) is 22.6 Å². The summed E-state index contributed by atoms with van der Waals surface area (Å²) in [4.78, 5) is 23.9. The maximum atomic E-state index is 13.1. The Bertz CT molecular complexity index is 1640. The van der Waals surface area contributed by atoms with Crippen LogP contribution in [0.5, 0.6) is 11.8 Å². The van der Waals surface area contributed by atoms with Crippen molar-refractivity contribution in [2.24, 2.45) is 0 Å². The van der Waals surface area contributed by atoms with E-state index in [0.717, 1.165) is 17.9 Å². The molecule has 0 unspecified atom stereocenters. The summed E-state index contributed by atoms with van der Waals surface area (Å²) in [5.74, 6) is 0.702. The molecule has 0 radical (unpaired) electrons. The third-order valence-corrected chi connectivity index (χ3v) is 6.46. The van der Waals surface area contributed by atoms with Gasteiger partial charge in [0.25, 0.3) is 0 Å². The molecule has 40 heavy (non-hydrogen) atoms. The van der Waals surface area contributed by atoms with E-state index in [1.54, 1.807) is 30.3 Å². The molecule has 0 aliphatic carbocycles. The minimum atomic E-state index is -4.74. The highest BCUT2D eigenvalue weighted by molar-refractivity contribution is 8.93. The number of benzene rings is 2. The number of urea groups is 1. The molecule has 4 rings (SSSR count). The fraction of sp³-hybridized carbons (Fsp3) is 0.0833. The normalized spacial score (nSPS) is 11.3. The number of ether oxygens (including phenoxy) is 1. The van der Waals surface area contributed by atoms with Crippen LogP contribution in [-0.2, 0) is 16.0 Å². The van der Waals surface area contributed by atoms with Crippen LogP contribution in [0.15, 0.2) is 72.0 Å². The number of sulfone groups is 1. The van der Waals surface area contributed by atoms with Crippen molar-refractivity contribution in [3.63, 3.8) is 0 Å². The quantitative estimate of drug-likeness (QED) is 0.221. The zero-order valence-corrected chi connectivity index (χ0v) is 23.5. The molecule has 4 N–H and O–H groups in total. The number of nitrogens with two attached hydrogens (primary N) is 1. The molecule has 0 aliphatic rings. The van der Waals surface area contributed by atoms with Gasteiger partial charge in [-0.25, -0.2) is 28.2 Å². The molecule has 16 heteroatoms. The number of nitrogen functional groups attached to an aromatic ring is 1. The molecule has 210 valence electrons. The molecule has 2 aromatic carbocycles. The molecular weight excluding hydrogens is 641 g/mol.